The fourth-order valence-corrected chi connectivity index (χ4v) is 2.36. The van der Waals surface area contributed by atoms with E-state index in [0.717, 1.165) is 18.0 Å². The molecule has 0 aliphatic heterocycles. The van der Waals surface area contributed by atoms with Crippen molar-refractivity contribution in [1.29, 1.82) is 0 Å². The standard InChI is InChI=1S/C14H19ClN4OS/c1-17(8-7-11-3-5-12(15)6-4-11)10-19-14(21)18(2)13(9-20)16-19/h3-6,20H,7-10H2,1-2H3. The number of benzene rings is 1. The summed E-state index contributed by atoms with van der Waals surface area (Å²) in [4.78, 5) is 2.14. The minimum Gasteiger partial charge on any atom is -0.388 e. The molecule has 7 heteroatoms. The predicted molar refractivity (Wildman–Crippen MR) is 85.7 cm³/mol. The fraction of sp³-hybridized carbons (Fsp3) is 0.429. The van der Waals surface area contributed by atoms with Gasteiger partial charge < -0.3 is 9.67 Å². The van der Waals surface area contributed by atoms with Crippen LogP contribution in [-0.2, 0) is 26.7 Å². The average Bonchev–Trinajstić information content (AvgIpc) is 2.74. The Morgan fingerprint density at radius 2 is 2.00 bits per heavy atom. The van der Waals surface area contributed by atoms with E-state index < -0.39 is 0 Å². The van der Waals surface area contributed by atoms with E-state index in [9.17, 15) is 5.11 Å². The molecule has 0 unspecified atom stereocenters. The summed E-state index contributed by atoms with van der Waals surface area (Å²) < 4.78 is 4.06. The highest BCUT2D eigenvalue weighted by molar-refractivity contribution is 7.71. The first-order valence-corrected chi connectivity index (χ1v) is 7.46. The van der Waals surface area contributed by atoms with Crippen molar-refractivity contribution in [2.24, 2.45) is 7.05 Å². The van der Waals surface area contributed by atoms with Crippen molar-refractivity contribution in [2.45, 2.75) is 19.7 Å². The van der Waals surface area contributed by atoms with Crippen LogP contribution in [0.4, 0.5) is 0 Å². The predicted octanol–water partition coefficient (Wildman–Crippen LogP) is 2.23. The minimum absolute atomic E-state index is 0.109. The molecule has 1 aromatic heterocycles. The molecule has 0 aliphatic carbocycles. The lowest BCUT2D eigenvalue weighted by molar-refractivity contribution is 0.246. The Balaban J connectivity index is 1.94. The number of aliphatic hydroxyl groups is 1. The SMILES string of the molecule is CN(CCc1ccc(Cl)cc1)Cn1nc(CO)n(C)c1=S. The van der Waals surface area contributed by atoms with Crippen molar-refractivity contribution in [3.05, 3.63) is 45.4 Å². The highest BCUT2D eigenvalue weighted by atomic mass is 35.5. The first kappa shape index (κ1) is 16.2. The van der Waals surface area contributed by atoms with Gasteiger partial charge in [-0.05, 0) is 43.4 Å². The zero-order valence-corrected chi connectivity index (χ0v) is 13.7. The van der Waals surface area contributed by atoms with Gasteiger partial charge in [0.15, 0.2) is 10.6 Å². The molecule has 21 heavy (non-hydrogen) atoms. The van der Waals surface area contributed by atoms with Crippen LogP contribution in [0.1, 0.15) is 11.4 Å². The second-order valence-electron chi connectivity index (χ2n) is 5.01. The third kappa shape index (κ3) is 4.14. The van der Waals surface area contributed by atoms with Gasteiger partial charge in [-0.3, -0.25) is 4.90 Å². The molecule has 0 saturated heterocycles. The Morgan fingerprint density at radius 1 is 1.33 bits per heavy atom. The van der Waals surface area contributed by atoms with Gasteiger partial charge in [-0.2, -0.15) is 5.10 Å². The Bertz CT molecular complexity index is 650. The Morgan fingerprint density at radius 3 is 2.57 bits per heavy atom. The average molecular weight is 327 g/mol. The third-order valence-electron chi connectivity index (χ3n) is 3.34. The van der Waals surface area contributed by atoms with Crippen LogP contribution in [0.3, 0.4) is 0 Å². The second-order valence-corrected chi connectivity index (χ2v) is 5.81. The lowest BCUT2D eigenvalue weighted by Crippen LogP contribution is -2.25. The molecule has 0 atom stereocenters. The molecule has 1 aromatic carbocycles. The van der Waals surface area contributed by atoms with E-state index >= 15 is 0 Å². The van der Waals surface area contributed by atoms with Gasteiger partial charge in [0.1, 0.15) is 6.61 Å². The molecule has 1 heterocycles. The van der Waals surface area contributed by atoms with E-state index in [2.05, 4.69) is 10.00 Å². The van der Waals surface area contributed by atoms with Crippen LogP contribution in [0.2, 0.25) is 5.02 Å². The molecule has 0 amide bonds. The van der Waals surface area contributed by atoms with Gasteiger partial charge in [0.05, 0.1) is 6.67 Å². The Hall–Kier alpha value is -1.21. The van der Waals surface area contributed by atoms with Crippen LogP contribution >= 0.6 is 23.8 Å². The number of aliphatic hydroxyl groups excluding tert-OH is 1. The second kappa shape index (κ2) is 7.17. The van der Waals surface area contributed by atoms with Gasteiger partial charge in [-0.15, -0.1) is 0 Å². The van der Waals surface area contributed by atoms with Crippen LogP contribution in [0.25, 0.3) is 0 Å². The van der Waals surface area contributed by atoms with Crippen molar-refractivity contribution in [3.8, 4) is 0 Å². The van der Waals surface area contributed by atoms with Crippen LogP contribution in [-0.4, -0.2) is 37.9 Å². The molecule has 0 spiro atoms. The van der Waals surface area contributed by atoms with Crippen LogP contribution in [0, 0.1) is 4.77 Å². The summed E-state index contributed by atoms with van der Waals surface area (Å²) in [7, 11) is 3.83. The summed E-state index contributed by atoms with van der Waals surface area (Å²) in [6, 6.07) is 7.87. The van der Waals surface area contributed by atoms with Crippen molar-refractivity contribution < 1.29 is 5.11 Å². The maximum Gasteiger partial charge on any atom is 0.198 e. The van der Waals surface area contributed by atoms with Crippen molar-refractivity contribution in [1.82, 2.24) is 19.2 Å². The molecule has 0 radical (unpaired) electrons. The topological polar surface area (TPSA) is 46.2 Å². The van der Waals surface area contributed by atoms with Gasteiger partial charge in [0, 0.05) is 18.6 Å². The Labute approximate surface area is 134 Å². The number of hydrogen-bond acceptors (Lipinski definition) is 4. The summed E-state index contributed by atoms with van der Waals surface area (Å²) in [6.45, 7) is 1.37. The molecule has 5 nitrogen and oxygen atoms in total. The smallest absolute Gasteiger partial charge is 0.198 e. The molecule has 114 valence electrons. The number of halogens is 1. The number of hydrogen-bond donors (Lipinski definition) is 1. The zero-order chi connectivity index (χ0) is 15.4. The molecular weight excluding hydrogens is 308 g/mol. The number of rotatable bonds is 6. The summed E-state index contributed by atoms with van der Waals surface area (Å²) in [5.74, 6) is 0.575. The number of likely N-dealkylation sites (N-methyl/N-ethyl adjacent to an activating group) is 1. The fourth-order valence-electron chi connectivity index (χ4n) is 2.03. The molecular formula is C14H19ClN4OS. The van der Waals surface area contributed by atoms with Crippen LogP contribution in [0.15, 0.2) is 24.3 Å². The molecule has 2 aromatic rings. The largest absolute Gasteiger partial charge is 0.388 e. The van der Waals surface area contributed by atoms with E-state index in [0.29, 0.717) is 17.3 Å². The van der Waals surface area contributed by atoms with Gasteiger partial charge in [0.25, 0.3) is 0 Å². The van der Waals surface area contributed by atoms with Gasteiger partial charge in [-0.25, -0.2) is 4.68 Å². The highest BCUT2D eigenvalue weighted by Crippen LogP contribution is 2.10. The first-order chi connectivity index (χ1) is 10.0. The third-order valence-corrected chi connectivity index (χ3v) is 4.08. The van der Waals surface area contributed by atoms with Crippen LogP contribution < -0.4 is 0 Å². The van der Waals surface area contributed by atoms with E-state index in [4.69, 9.17) is 23.8 Å². The van der Waals surface area contributed by atoms with Crippen molar-refractivity contribution in [2.75, 3.05) is 13.6 Å². The van der Waals surface area contributed by atoms with E-state index in [1.165, 1.54) is 5.56 Å². The molecule has 0 bridgehead atoms. The van der Waals surface area contributed by atoms with Crippen molar-refractivity contribution >= 4 is 23.8 Å². The van der Waals surface area contributed by atoms with E-state index in [1.807, 2.05) is 38.4 Å². The minimum atomic E-state index is -0.109. The van der Waals surface area contributed by atoms with E-state index in [-0.39, 0.29) is 6.61 Å². The Kier molecular flexibility index (Phi) is 5.52. The van der Waals surface area contributed by atoms with Gasteiger partial charge in [-0.1, -0.05) is 23.7 Å². The normalized spacial score (nSPS) is 11.3. The zero-order valence-electron chi connectivity index (χ0n) is 12.2. The van der Waals surface area contributed by atoms with Gasteiger partial charge >= 0.3 is 0 Å². The van der Waals surface area contributed by atoms with Crippen LogP contribution in [0.5, 0.6) is 0 Å². The summed E-state index contributed by atoms with van der Waals surface area (Å²) in [6.07, 6.45) is 0.931. The molecule has 0 saturated carbocycles. The first-order valence-electron chi connectivity index (χ1n) is 6.68. The lowest BCUT2D eigenvalue weighted by Gasteiger charge is -2.16. The van der Waals surface area contributed by atoms with Crippen molar-refractivity contribution in [3.63, 3.8) is 0 Å². The lowest BCUT2D eigenvalue weighted by atomic mass is 10.1. The van der Waals surface area contributed by atoms with Gasteiger partial charge in [0.2, 0.25) is 0 Å². The highest BCUT2D eigenvalue weighted by Gasteiger charge is 2.08. The molecule has 0 aliphatic rings. The number of aromatic nitrogens is 3. The van der Waals surface area contributed by atoms with E-state index in [1.54, 1.807) is 9.25 Å². The summed E-state index contributed by atoms with van der Waals surface area (Å²) in [5.41, 5.74) is 1.24. The quantitative estimate of drug-likeness (QED) is 0.827. The molecule has 2 rings (SSSR count). The molecule has 1 N–H and O–H groups in total. The maximum atomic E-state index is 9.20. The molecule has 0 fully saturated rings. The summed E-state index contributed by atoms with van der Waals surface area (Å²) >= 11 is 11.2. The monoisotopic (exact) mass is 326 g/mol. The maximum absolute atomic E-state index is 9.20. The summed E-state index contributed by atoms with van der Waals surface area (Å²) in [5, 5.41) is 14.3. The number of nitrogens with zero attached hydrogens (tertiary/aromatic N) is 4.